The van der Waals surface area contributed by atoms with Crippen LogP contribution in [0, 0.1) is 0 Å². The molecule has 0 bridgehead atoms. The number of likely N-dealkylation sites (N-methyl/N-ethyl adjacent to an activating group) is 1. The Morgan fingerprint density at radius 2 is 1.86 bits per heavy atom. The first kappa shape index (κ1) is 32.5. The van der Waals surface area contributed by atoms with Gasteiger partial charge in [-0.25, -0.2) is 9.78 Å². The van der Waals surface area contributed by atoms with E-state index in [4.69, 9.17) is 4.74 Å². The summed E-state index contributed by atoms with van der Waals surface area (Å²) in [6, 6.07) is 7.22. The maximum Gasteiger partial charge on any atom is 0.416 e. The molecule has 12 heteroatoms. The molecule has 1 fully saturated rings. The highest BCUT2D eigenvalue weighted by atomic mass is 19.4. The topological polar surface area (TPSA) is 103 Å². The fourth-order valence-corrected chi connectivity index (χ4v) is 4.80. The second-order valence-corrected chi connectivity index (χ2v) is 10.9. The summed E-state index contributed by atoms with van der Waals surface area (Å²) in [7, 11) is 3.29. The van der Waals surface area contributed by atoms with Gasteiger partial charge in [-0.3, -0.25) is 9.69 Å². The number of anilines is 1. The molecule has 234 valence electrons. The molecule has 9 nitrogen and oxygen atoms in total. The summed E-state index contributed by atoms with van der Waals surface area (Å²) in [5.41, 5.74) is 2.87. The predicted octanol–water partition coefficient (Wildman–Crippen LogP) is 5.36. The summed E-state index contributed by atoms with van der Waals surface area (Å²) in [6.07, 6.45) is 0.176. The van der Waals surface area contributed by atoms with Gasteiger partial charge < -0.3 is 25.3 Å². The van der Waals surface area contributed by atoms with Gasteiger partial charge >= 0.3 is 12.1 Å². The van der Waals surface area contributed by atoms with Crippen molar-refractivity contribution >= 4 is 28.6 Å². The lowest BCUT2D eigenvalue weighted by Crippen LogP contribution is -2.44. The van der Waals surface area contributed by atoms with Crippen LogP contribution in [0.1, 0.15) is 45.8 Å². The van der Waals surface area contributed by atoms with Crippen molar-refractivity contribution in [1.82, 2.24) is 25.1 Å². The number of pyridine rings is 1. The number of nitrogens with zero attached hydrogens (tertiary/aromatic N) is 3. The number of ether oxygens (including phenoxy) is 1. The number of rotatable bonds is 10. The maximum absolute atomic E-state index is 14.0. The highest BCUT2D eigenvalue weighted by Gasteiger charge is 2.34. The van der Waals surface area contributed by atoms with Crippen LogP contribution in [0.4, 0.5) is 18.9 Å². The SMILES string of the molecule is C=C/C(=C\C(CNc1cnc2[nH]c(C(=O)OC)cc2c1)=C(C)C)NC(=O)c1ccc(CN2CCN(C)CC2)c(C(F)(F)F)c1. The van der Waals surface area contributed by atoms with Crippen molar-refractivity contribution < 1.29 is 27.5 Å². The molecular formula is C32H37F3N6O3. The van der Waals surface area contributed by atoms with Crippen LogP contribution >= 0.6 is 0 Å². The Labute approximate surface area is 254 Å². The number of alkyl halides is 3. The molecule has 0 atom stereocenters. The van der Waals surface area contributed by atoms with Gasteiger partial charge in [0.2, 0.25) is 0 Å². The highest BCUT2D eigenvalue weighted by molar-refractivity contribution is 5.96. The number of methoxy groups -OCH3 is 1. The number of amides is 1. The van der Waals surface area contributed by atoms with E-state index >= 15 is 0 Å². The third-order valence-corrected chi connectivity index (χ3v) is 7.48. The van der Waals surface area contributed by atoms with Crippen molar-refractivity contribution in [2.24, 2.45) is 0 Å². The second-order valence-electron chi connectivity index (χ2n) is 10.9. The van der Waals surface area contributed by atoms with Crippen LogP contribution in [0.15, 0.2) is 72.1 Å². The zero-order chi connectivity index (χ0) is 32.0. The minimum Gasteiger partial charge on any atom is -0.464 e. The van der Waals surface area contributed by atoms with Crippen molar-refractivity contribution in [3.05, 3.63) is 94.5 Å². The van der Waals surface area contributed by atoms with Crippen LogP contribution < -0.4 is 10.6 Å². The number of allylic oxidation sites excluding steroid dienone is 2. The van der Waals surface area contributed by atoms with E-state index in [9.17, 15) is 22.8 Å². The van der Waals surface area contributed by atoms with Crippen molar-refractivity contribution in [3.8, 4) is 0 Å². The number of hydrogen-bond donors (Lipinski definition) is 3. The van der Waals surface area contributed by atoms with Crippen molar-refractivity contribution in [3.63, 3.8) is 0 Å². The molecule has 1 aliphatic rings. The van der Waals surface area contributed by atoms with E-state index in [-0.39, 0.29) is 17.7 Å². The number of esters is 1. The van der Waals surface area contributed by atoms with E-state index in [0.717, 1.165) is 35.7 Å². The molecule has 0 unspecified atom stereocenters. The molecule has 0 radical (unpaired) electrons. The lowest BCUT2D eigenvalue weighted by Gasteiger charge is -2.33. The van der Waals surface area contributed by atoms with Gasteiger partial charge in [0.1, 0.15) is 11.3 Å². The molecule has 1 aliphatic heterocycles. The molecule has 3 aromatic rings. The van der Waals surface area contributed by atoms with Crippen LogP contribution in [0.3, 0.4) is 0 Å². The molecule has 0 saturated carbocycles. The van der Waals surface area contributed by atoms with Gasteiger partial charge in [0.15, 0.2) is 0 Å². The number of hydrogen-bond acceptors (Lipinski definition) is 7. The zero-order valence-electron chi connectivity index (χ0n) is 25.3. The van der Waals surface area contributed by atoms with Crippen LogP contribution in [-0.2, 0) is 17.5 Å². The fourth-order valence-electron chi connectivity index (χ4n) is 4.80. The fraction of sp³-hybridized carbons (Fsp3) is 0.344. The van der Waals surface area contributed by atoms with Crippen molar-refractivity contribution in [1.29, 1.82) is 0 Å². The summed E-state index contributed by atoms with van der Waals surface area (Å²) in [5.74, 6) is -1.16. The summed E-state index contributed by atoms with van der Waals surface area (Å²) in [4.78, 5) is 36.3. The zero-order valence-corrected chi connectivity index (χ0v) is 25.3. The Morgan fingerprint density at radius 3 is 2.50 bits per heavy atom. The van der Waals surface area contributed by atoms with Gasteiger partial charge in [-0.2, -0.15) is 13.2 Å². The molecule has 2 aromatic heterocycles. The first-order valence-electron chi connectivity index (χ1n) is 14.1. The molecule has 1 saturated heterocycles. The Hall–Kier alpha value is -4.42. The number of benzene rings is 1. The molecule has 4 rings (SSSR count). The number of carbonyl (C=O) groups excluding carboxylic acids is 2. The van der Waals surface area contributed by atoms with Crippen LogP contribution in [0.25, 0.3) is 11.0 Å². The molecular weight excluding hydrogens is 573 g/mol. The average molecular weight is 611 g/mol. The Balaban J connectivity index is 1.47. The van der Waals surface area contributed by atoms with Crippen molar-refractivity contribution in [2.75, 3.05) is 52.2 Å². The van der Waals surface area contributed by atoms with Gasteiger partial charge in [0.05, 0.1) is 24.6 Å². The van der Waals surface area contributed by atoms with E-state index < -0.39 is 23.6 Å². The van der Waals surface area contributed by atoms with E-state index in [1.165, 1.54) is 25.3 Å². The Morgan fingerprint density at radius 1 is 1.14 bits per heavy atom. The van der Waals surface area contributed by atoms with Crippen molar-refractivity contribution in [2.45, 2.75) is 26.6 Å². The summed E-state index contributed by atoms with van der Waals surface area (Å²) in [6.45, 7) is 11.0. The van der Waals surface area contributed by atoms with E-state index in [0.29, 0.717) is 42.4 Å². The number of H-pyrrole nitrogens is 1. The predicted molar refractivity (Wildman–Crippen MR) is 164 cm³/mol. The van der Waals surface area contributed by atoms with Crippen LogP contribution in [0.5, 0.6) is 0 Å². The molecule has 44 heavy (non-hydrogen) atoms. The normalized spacial score (nSPS) is 14.8. The first-order chi connectivity index (χ1) is 20.9. The first-order valence-corrected chi connectivity index (χ1v) is 14.1. The van der Waals surface area contributed by atoms with Gasteiger partial charge in [0, 0.05) is 55.9 Å². The smallest absolute Gasteiger partial charge is 0.416 e. The maximum atomic E-state index is 14.0. The largest absolute Gasteiger partial charge is 0.464 e. The number of carbonyl (C=O) groups is 2. The second kappa shape index (κ2) is 13.9. The number of nitrogens with one attached hydrogen (secondary N) is 3. The standard InChI is InChI=1S/C32H37F3N6O3/c1-6-25(14-24(20(2)3)17-36-26-13-23-16-28(31(43)44-5)39-29(23)37-18-26)38-30(42)21-7-8-22(27(15-21)32(33,34)35)19-41-11-9-40(4)10-12-41/h6-8,13-16,18,36H,1,9-12,17,19H2,2-5H3,(H,37,39)(H,38,42)/b25-14+. The minimum absolute atomic E-state index is 0.0960. The average Bonchev–Trinajstić information content (AvgIpc) is 3.42. The lowest BCUT2D eigenvalue weighted by atomic mass is 10.0. The van der Waals surface area contributed by atoms with Gasteiger partial charge in [-0.15, -0.1) is 0 Å². The van der Waals surface area contributed by atoms with Crippen LogP contribution in [-0.4, -0.2) is 78.5 Å². The van der Waals surface area contributed by atoms with E-state index in [1.807, 2.05) is 31.9 Å². The summed E-state index contributed by atoms with van der Waals surface area (Å²) < 4.78 is 46.9. The molecule has 3 N–H and O–H groups in total. The van der Waals surface area contributed by atoms with Gasteiger partial charge in [-0.05, 0) is 68.4 Å². The molecule has 0 spiro atoms. The van der Waals surface area contributed by atoms with E-state index in [1.54, 1.807) is 18.3 Å². The summed E-state index contributed by atoms with van der Waals surface area (Å²) in [5, 5.41) is 6.69. The van der Waals surface area contributed by atoms with E-state index in [2.05, 4.69) is 32.1 Å². The minimum atomic E-state index is -4.60. The van der Waals surface area contributed by atoms with Gasteiger partial charge in [0.25, 0.3) is 5.91 Å². The third kappa shape index (κ3) is 8.14. The lowest BCUT2D eigenvalue weighted by molar-refractivity contribution is -0.138. The molecule has 1 amide bonds. The van der Waals surface area contributed by atoms with Gasteiger partial charge in [-0.1, -0.05) is 18.2 Å². The highest BCUT2D eigenvalue weighted by Crippen LogP contribution is 2.33. The Bertz CT molecular complexity index is 1600. The Kier molecular flexibility index (Phi) is 10.3. The number of aromatic nitrogens is 2. The molecule has 3 heterocycles. The quantitative estimate of drug-likeness (QED) is 0.210. The summed E-state index contributed by atoms with van der Waals surface area (Å²) >= 11 is 0. The number of fused-ring (bicyclic) bond motifs is 1. The monoisotopic (exact) mass is 610 g/mol. The number of halogens is 3. The number of aromatic amines is 1. The third-order valence-electron chi connectivity index (χ3n) is 7.48. The molecule has 0 aliphatic carbocycles. The molecule has 1 aromatic carbocycles. The van der Waals surface area contributed by atoms with Crippen LogP contribution in [0.2, 0.25) is 0 Å². The number of piperazine rings is 1.